The molecular formula is C12H15N9. The smallest absolute Gasteiger partial charge is 0.257 e. The molecule has 0 amide bonds. The Labute approximate surface area is 120 Å². The Morgan fingerprint density at radius 3 is 2.86 bits per heavy atom. The van der Waals surface area contributed by atoms with Gasteiger partial charge in [-0.1, -0.05) is 6.92 Å². The van der Waals surface area contributed by atoms with Crippen molar-refractivity contribution in [3.8, 4) is 5.95 Å². The number of nitrogens with one attached hydrogen (secondary N) is 1. The molecule has 3 aromatic heterocycles. The average molecular weight is 285 g/mol. The first kappa shape index (κ1) is 13.0. The van der Waals surface area contributed by atoms with Crippen LogP contribution in [0.5, 0.6) is 0 Å². The van der Waals surface area contributed by atoms with Crippen LogP contribution in [0.15, 0.2) is 24.7 Å². The maximum Gasteiger partial charge on any atom is 0.257 e. The predicted molar refractivity (Wildman–Crippen MR) is 77.2 cm³/mol. The molecule has 3 heterocycles. The molecule has 0 bridgehead atoms. The van der Waals surface area contributed by atoms with Crippen molar-refractivity contribution in [2.75, 3.05) is 11.1 Å². The van der Waals surface area contributed by atoms with Crippen molar-refractivity contribution >= 4 is 17.6 Å². The molecule has 9 nitrogen and oxygen atoms in total. The number of nitrogens with zero attached hydrogens (tertiary/aromatic N) is 7. The largest absolute Gasteiger partial charge is 0.368 e. The van der Waals surface area contributed by atoms with Crippen LogP contribution in [0.1, 0.15) is 12.6 Å². The van der Waals surface area contributed by atoms with Gasteiger partial charge in [0, 0.05) is 25.6 Å². The number of aromatic nitrogens is 7. The van der Waals surface area contributed by atoms with Gasteiger partial charge in [-0.2, -0.15) is 25.1 Å². The van der Waals surface area contributed by atoms with Gasteiger partial charge in [-0.3, -0.25) is 4.68 Å². The minimum atomic E-state index is 0.125. The van der Waals surface area contributed by atoms with Crippen molar-refractivity contribution in [2.45, 2.75) is 13.3 Å². The maximum atomic E-state index is 5.73. The highest BCUT2D eigenvalue weighted by atomic mass is 15.4. The van der Waals surface area contributed by atoms with E-state index in [1.54, 1.807) is 23.1 Å². The number of nitrogens with two attached hydrogens (primary N) is 1. The lowest BCUT2D eigenvalue weighted by molar-refractivity contribution is 0.746. The second-order valence-corrected chi connectivity index (χ2v) is 4.41. The lowest BCUT2D eigenvalue weighted by Gasteiger charge is -2.06. The molecule has 0 aliphatic rings. The maximum absolute atomic E-state index is 5.73. The Hall–Kier alpha value is -2.97. The summed E-state index contributed by atoms with van der Waals surface area (Å²) in [7, 11) is 1.86. The summed E-state index contributed by atoms with van der Waals surface area (Å²) in [4.78, 5) is 12.5. The van der Waals surface area contributed by atoms with Crippen LogP contribution in [0.2, 0.25) is 0 Å². The Balaban J connectivity index is 1.95. The summed E-state index contributed by atoms with van der Waals surface area (Å²) in [6.45, 7) is 2.03. The van der Waals surface area contributed by atoms with Crippen LogP contribution >= 0.6 is 0 Å². The van der Waals surface area contributed by atoms with E-state index >= 15 is 0 Å². The van der Waals surface area contributed by atoms with Gasteiger partial charge in [-0.15, -0.1) is 0 Å². The van der Waals surface area contributed by atoms with Gasteiger partial charge >= 0.3 is 0 Å². The molecule has 9 heteroatoms. The highest BCUT2D eigenvalue weighted by Gasteiger charge is 2.10. The van der Waals surface area contributed by atoms with Crippen LogP contribution in [0, 0.1) is 0 Å². The molecular weight excluding hydrogens is 270 g/mol. The SMILES string of the molecule is CCc1nn(C)cc1Nc1nc(N)nc(-n2cccn2)n1. The van der Waals surface area contributed by atoms with E-state index in [4.69, 9.17) is 5.73 Å². The number of nitrogen functional groups attached to an aromatic ring is 1. The fraction of sp³-hybridized carbons (Fsp3) is 0.250. The van der Waals surface area contributed by atoms with Crippen LogP contribution in [0.4, 0.5) is 17.6 Å². The van der Waals surface area contributed by atoms with Crippen molar-refractivity contribution in [3.63, 3.8) is 0 Å². The molecule has 3 N–H and O–H groups in total. The Morgan fingerprint density at radius 2 is 2.14 bits per heavy atom. The zero-order valence-electron chi connectivity index (χ0n) is 11.7. The van der Waals surface area contributed by atoms with Gasteiger partial charge in [-0.05, 0) is 12.5 Å². The molecule has 0 aliphatic heterocycles. The standard InChI is InChI=1S/C12H15N9/c1-3-8-9(7-20(2)19-8)15-11-16-10(13)17-12(18-11)21-6-4-5-14-21/h4-7H,3H2,1-2H3,(H3,13,15,16,17,18). The summed E-state index contributed by atoms with van der Waals surface area (Å²) >= 11 is 0. The van der Waals surface area contributed by atoms with E-state index in [1.807, 2.05) is 20.2 Å². The predicted octanol–water partition coefficient (Wildman–Crippen LogP) is 0.679. The molecule has 0 radical (unpaired) electrons. The number of hydrogen-bond acceptors (Lipinski definition) is 7. The Kier molecular flexibility index (Phi) is 3.22. The summed E-state index contributed by atoms with van der Waals surface area (Å²) in [6, 6.07) is 1.78. The lowest BCUT2D eigenvalue weighted by atomic mass is 10.3. The van der Waals surface area contributed by atoms with Gasteiger partial charge in [0.1, 0.15) is 0 Å². The fourth-order valence-corrected chi connectivity index (χ4v) is 1.95. The number of anilines is 3. The van der Waals surface area contributed by atoms with Crippen LogP contribution in [0.3, 0.4) is 0 Å². The van der Waals surface area contributed by atoms with Gasteiger partial charge < -0.3 is 11.1 Å². The minimum Gasteiger partial charge on any atom is -0.368 e. The first-order valence-electron chi connectivity index (χ1n) is 6.47. The van der Waals surface area contributed by atoms with Crippen molar-refractivity contribution in [2.24, 2.45) is 7.05 Å². The van der Waals surface area contributed by atoms with Gasteiger partial charge in [0.15, 0.2) is 0 Å². The van der Waals surface area contributed by atoms with E-state index in [9.17, 15) is 0 Å². The second kappa shape index (κ2) is 5.19. The monoisotopic (exact) mass is 285 g/mol. The van der Waals surface area contributed by atoms with Crippen LogP contribution in [-0.4, -0.2) is 34.5 Å². The highest BCUT2D eigenvalue weighted by molar-refractivity contribution is 5.56. The molecule has 0 saturated heterocycles. The van der Waals surface area contributed by atoms with Crippen molar-refractivity contribution < 1.29 is 0 Å². The van der Waals surface area contributed by atoms with Crippen molar-refractivity contribution in [1.29, 1.82) is 0 Å². The van der Waals surface area contributed by atoms with E-state index < -0.39 is 0 Å². The highest BCUT2D eigenvalue weighted by Crippen LogP contribution is 2.18. The van der Waals surface area contributed by atoms with Gasteiger partial charge in [0.2, 0.25) is 11.9 Å². The summed E-state index contributed by atoms with van der Waals surface area (Å²) in [5.74, 6) is 0.840. The lowest BCUT2D eigenvalue weighted by Crippen LogP contribution is -2.09. The zero-order valence-corrected chi connectivity index (χ0v) is 11.7. The fourth-order valence-electron chi connectivity index (χ4n) is 1.95. The summed E-state index contributed by atoms with van der Waals surface area (Å²) in [6.07, 6.45) is 6.05. The molecule has 0 aromatic carbocycles. The molecule has 0 aliphatic carbocycles. The number of aryl methyl sites for hydroxylation is 2. The van der Waals surface area contributed by atoms with E-state index in [0.717, 1.165) is 17.8 Å². The number of hydrogen-bond donors (Lipinski definition) is 2. The van der Waals surface area contributed by atoms with Crippen molar-refractivity contribution in [1.82, 2.24) is 34.5 Å². The molecule has 0 unspecified atom stereocenters. The van der Waals surface area contributed by atoms with Crippen LogP contribution in [0.25, 0.3) is 5.95 Å². The van der Waals surface area contributed by atoms with Crippen LogP contribution < -0.4 is 11.1 Å². The first-order chi connectivity index (χ1) is 10.2. The zero-order chi connectivity index (χ0) is 14.8. The molecule has 0 atom stereocenters. The van der Waals surface area contributed by atoms with Crippen molar-refractivity contribution in [3.05, 3.63) is 30.4 Å². The minimum absolute atomic E-state index is 0.125. The molecule has 3 aromatic rings. The van der Waals surface area contributed by atoms with Gasteiger partial charge in [0.25, 0.3) is 5.95 Å². The van der Waals surface area contributed by atoms with E-state index in [-0.39, 0.29) is 5.95 Å². The van der Waals surface area contributed by atoms with Gasteiger partial charge in [-0.25, -0.2) is 4.68 Å². The van der Waals surface area contributed by atoms with E-state index in [2.05, 4.69) is 30.5 Å². The Morgan fingerprint density at radius 1 is 1.29 bits per heavy atom. The molecule has 0 saturated carbocycles. The quantitative estimate of drug-likeness (QED) is 0.724. The Bertz CT molecular complexity index is 744. The third kappa shape index (κ3) is 2.66. The molecule has 0 spiro atoms. The second-order valence-electron chi connectivity index (χ2n) is 4.41. The van der Waals surface area contributed by atoms with E-state index in [1.165, 1.54) is 4.68 Å². The molecule has 108 valence electrons. The normalized spacial score (nSPS) is 10.8. The summed E-state index contributed by atoms with van der Waals surface area (Å²) < 4.78 is 3.26. The first-order valence-corrected chi connectivity index (χ1v) is 6.47. The molecule has 0 fully saturated rings. The molecule has 21 heavy (non-hydrogen) atoms. The number of rotatable bonds is 4. The third-order valence-corrected chi connectivity index (χ3v) is 2.84. The molecule has 3 rings (SSSR count). The van der Waals surface area contributed by atoms with Crippen LogP contribution in [-0.2, 0) is 13.5 Å². The topological polar surface area (TPSA) is 112 Å². The summed E-state index contributed by atoms with van der Waals surface area (Å²) in [5.41, 5.74) is 7.50. The summed E-state index contributed by atoms with van der Waals surface area (Å²) in [5, 5.41) is 11.6. The van der Waals surface area contributed by atoms with Gasteiger partial charge in [0.05, 0.1) is 11.4 Å². The van der Waals surface area contributed by atoms with E-state index in [0.29, 0.717) is 11.9 Å². The average Bonchev–Trinajstić information content (AvgIpc) is 3.07. The third-order valence-electron chi connectivity index (χ3n) is 2.84.